The molecule has 1 saturated heterocycles. The van der Waals surface area contributed by atoms with Crippen LogP contribution in [0.3, 0.4) is 0 Å². The lowest BCUT2D eigenvalue weighted by Gasteiger charge is -2.26. The molecule has 0 bridgehead atoms. The summed E-state index contributed by atoms with van der Waals surface area (Å²) in [6.07, 6.45) is 2.67. The van der Waals surface area contributed by atoms with Crippen LogP contribution in [0.15, 0.2) is 18.2 Å². The molecule has 1 aliphatic heterocycles. The SMILES string of the molecule is Cc1ccc(-n2nc(C(=O)N3CCNCC3)c3c2CCC3)c(F)c1. The number of nitrogens with one attached hydrogen (secondary N) is 1. The van der Waals surface area contributed by atoms with Gasteiger partial charge in [0.2, 0.25) is 0 Å². The van der Waals surface area contributed by atoms with Crippen LogP contribution in [0, 0.1) is 12.7 Å². The number of aryl methyl sites for hydroxylation is 1. The van der Waals surface area contributed by atoms with Gasteiger partial charge in [0, 0.05) is 37.4 Å². The zero-order valence-electron chi connectivity index (χ0n) is 13.8. The summed E-state index contributed by atoms with van der Waals surface area (Å²) >= 11 is 0. The number of carbonyl (C=O) groups is 1. The maximum Gasteiger partial charge on any atom is 0.274 e. The molecule has 1 fully saturated rings. The minimum atomic E-state index is -0.298. The van der Waals surface area contributed by atoms with Crippen LogP contribution in [0.5, 0.6) is 0 Å². The maximum absolute atomic E-state index is 14.4. The Morgan fingerprint density at radius 1 is 1.25 bits per heavy atom. The number of halogens is 1. The van der Waals surface area contributed by atoms with Gasteiger partial charge >= 0.3 is 0 Å². The second kappa shape index (κ2) is 6.02. The van der Waals surface area contributed by atoms with Crippen molar-refractivity contribution in [2.24, 2.45) is 0 Å². The molecular formula is C18H21FN4O. The second-order valence-corrected chi connectivity index (χ2v) is 6.54. The highest BCUT2D eigenvalue weighted by molar-refractivity contribution is 5.94. The fraction of sp³-hybridized carbons (Fsp3) is 0.444. The van der Waals surface area contributed by atoms with Crippen LogP contribution < -0.4 is 5.32 Å². The third-order valence-electron chi connectivity index (χ3n) is 4.87. The molecule has 126 valence electrons. The number of nitrogens with zero attached hydrogens (tertiary/aromatic N) is 3. The first-order chi connectivity index (χ1) is 11.6. The summed E-state index contributed by atoms with van der Waals surface area (Å²) in [5.41, 5.74) is 3.79. The van der Waals surface area contributed by atoms with Crippen LogP contribution in [0.2, 0.25) is 0 Å². The molecule has 0 spiro atoms. The Labute approximate surface area is 140 Å². The highest BCUT2D eigenvalue weighted by atomic mass is 19.1. The van der Waals surface area contributed by atoms with Crippen molar-refractivity contribution in [3.63, 3.8) is 0 Å². The normalized spacial score (nSPS) is 17.2. The van der Waals surface area contributed by atoms with E-state index >= 15 is 0 Å². The predicted octanol–water partition coefficient (Wildman–Crippen LogP) is 1.85. The van der Waals surface area contributed by atoms with Gasteiger partial charge in [-0.05, 0) is 43.9 Å². The van der Waals surface area contributed by atoms with Crippen LogP contribution in [-0.2, 0) is 12.8 Å². The van der Waals surface area contributed by atoms with E-state index in [0.717, 1.165) is 49.2 Å². The van der Waals surface area contributed by atoms with Gasteiger partial charge in [-0.1, -0.05) is 6.07 Å². The van der Waals surface area contributed by atoms with Crippen LogP contribution in [0.4, 0.5) is 4.39 Å². The van der Waals surface area contributed by atoms with Gasteiger partial charge < -0.3 is 10.2 Å². The number of fused-ring (bicyclic) bond motifs is 1. The summed E-state index contributed by atoms with van der Waals surface area (Å²) in [6, 6.07) is 5.13. The predicted molar refractivity (Wildman–Crippen MR) is 89.1 cm³/mol. The van der Waals surface area contributed by atoms with E-state index in [1.807, 2.05) is 17.9 Å². The lowest BCUT2D eigenvalue weighted by atomic mass is 10.1. The van der Waals surface area contributed by atoms with E-state index < -0.39 is 0 Å². The Hall–Kier alpha value is -2.21. The van der Waals surface area contributed by atoms with Gasteiger partial charge in [-0.25, -0.2) is 9.07 Å². The topological polar surface area (TPSA) is 50.2 Å². The number of hydrogen-bond donors (Lipinski definition) is 1. The summed E-state index contributed by atoms with van der Waals surface area (Å²) in [5, 5.41) is 7.78. The molecule has 0 atom stereocenters. The van der Waals surface area contributed by atoms with Crippen molar-refractivity contribution in [1.82, 2.24) is 20.0 Å². The monoisotopic (exact) mass is 328 g/mol. The van der Waals surface area contributed by atoms with Gasteiger partial charge in [-0.3, -0.25) is 4.79 Å². The first-order valence-corrected chi connectivity index (χ1v) is 8.52. The Bertz CT molecular complexity index is 793. The van der Waals surface area contributed by atoms with Gasteiger partial charge in [0.05, 0.1) is 0 Å². The van der Waals surface area contributed by atoms with E-state index in [1.165, 1.54) is 6.07 Å². The molecule has 1 amide bonds. The molecule has 1 aliphatic carbocycles. The average molecular weight is 328 g/mol. The molecule has 24 heavy (non-hydrogen) atoms. The van der Waals surface area contributed by atoms with Crippen LogP contribution in [-0.4, -0.2) is 46.8 Å². The molecule has 4 rings (SSSR count). The smallest absolute Gasteiger partial charge is 0.274 e. The lowest BCUT2D eigenvalue weighted by Crippen LogP contribution is -2.46. The maximum atomic E-state index is 14.4. The molecule has 0 radical (unpaired) electrons. The quantitative estimate of drug-likeness (QED) is 0.915. The third-order valence-corrected chi connectivity index (χ3v) is 4.87. The average Bonchev–Trinajstić information content (AvgIpc) is 3.18. The number of aromatic nitrogens is 2. The molecular weight excluding hydrogens is 307 g/mol. The largest absolute Gasteiger partial charge is 0.335 e. The van der Waals surface area contributed by atoms with Crippen molar-refractivity contribution in [3.8, 4) is 5.69 Å². The molecule has 1 N–H and O–H groups in total. The number of amides is 1. The Morgan fingerprint density at radius 2 is 2.04 bits per heavy atom. The summed E-state index contributed by atoms with van der Waals surface area (Å²) in [7, 11) is 0. The van der Waals surface area contributed by atoms with Crippen LogP contribution in [0.1, 0.15) is 33.7 Å². The molecule has 1 aromatic heterocycles. The van der Waals surface area contributed by atoms with E-state index in [1.54, 1.807) is 10.7 Å². The Morgan fingerprint density at radius 3 is 2.79 bits per heavy atom. The van der Waals surface area contributed by atoms with E-state index in [4.69, 9.17) is 0 Å². The van der Waals surface area contributed by atoms with Crippen LogP contribution >= 0.6 is 0 Å². The number of hydrogen-bond acceptors (Lipinski definition) is 3. The zero-order valence-corrected chi connectivity index (χ0v) is 13.8. The van der Waals surface area contributed by atoms with Gasteiger partial charge in [0.1, 0.15) is 11.5 Å². The number of rotatable bonds is 2. The number of carbonyl (C=O) groups excluding carboxylic acids is 1. The number of benzene rings is 1. The number of piperazine rings is 1. The van der Waals surface area contributed by atoms with Crippen molar-refractivity contribution in [1.29, 1.82) is 0 Å². The fourth-order valence-electron chi connectivity index (χ4n) is 3.61. The van der Waals surface area contributed by atoms with Crippen LogP contribution in [0.25, 0.3) is 5.69 Å². The zero-order chi connectivity index (χ0) is 16.7. The molecule has 1 aromatic carbocycles. The van der Waals surface area contributed by atoms with E-state index in [9.17, 15) is 9.18 Å². The fourth-order valence-corrected chi connectivity index (χ4v) is 3.61. The van der Waals surface area contributed by atoms with E-state index in [2.05, 4.69) is 10.4 Å². The van der Waals surface area contributed by atoms with Crippen molar-refractivity contribution in [3.05, 3.63) is 46.5 Å². The second-order valence-electron chi connectivity index (χ2n) is 6.54. The Balaban J connectivity index is 1.76. The third kappa shape index (κ3) is 2.51. The van der Waals surface area contributed by atoms with Crippen molar-refractivity contribution in [2.75, 3.05) is 26.2 Å². The summed E-state index contributed by atoms with van der Waals surface area (Å²) < 4.78 is 16.1. The van der Waals surface area contributed by atoms with Gasteiger partial charge in [-0.15, -0.1) is 0 Å². The van der Waals surface area contributed by atoms with Crippen molar-refractivity contribution < 1.29 is 9.18 Å². The summed E-state index contributed by atoms with van der Waals surface area (Å²) in [5.74, 6) is -0.325. The van der Waals surface area contributed by atoms with E-state index in [-0.39, 0.29) is 11.7 Å². The molecule has 5 nitrogen and oxygen atoms in total. The highest BCUT2D eigenvalue weighted by Gasteiger charge is 2.30. The highest BCUT2D eigenvalue weighted by Crippen LogP contribution is 2.29. The van der Waals surface area contributed by atoms with Gasteiger partial charge in [-0.2, -0.15) is 5.10 Å². The van der Waals surface area contributed by atoms with Gasteiger partial charge in [0.15, 0.2) is 5.69 Å². The molecule has 0 unspecified atom stereocenters. The Kier molecular flexibility index (Phi) is 3.84. The van der Waals surface area contributed by atoms with Gasteiger partial charge in [0.25, 0.3) is 5.91 Å². The first kappa shape index (κ1) is 15.3. The van der Waals surface area contributed by atoms with E-state index in [0.29, 0.717) is 24.5 Å². The summed E-state index contributed by atoms with van der Waals surface area (Å²) in [6.45, 7) is 4.86. The lowest BCUT2D eigenvalue weighted by molar-refractivity contribution is 0.0728. The molecule has 0 saturated carbocycles. The molecule has 6 heteroatoms. The summed E-state index contributed by atoms with van der Waals surface area (Å²) in [4.78, 5) is 14.7. The minimum absolute atomic E-state index is 0.0269. The first-order valence-electron chi connectivity index (χ1n) is 8.52. The molecule has 2 aromatic rings. The minimum Gasteiger partial charge on any atom is -0.335 e. The molecule has 2 aliphatic rings. The molecule has 2 heterocycles. The van der Waals surface area contributed by atoms with Crippen molar-refractivity contribution in [2.45, 2.75) is 26.2 Å². The van der Waals surface area contributed by atoms with Crippen molar-refractivity contribution >= 4 is 5.91 Å². The standard InChI is InChI=1S/C18H21FN4O/c1-12-5-6-16(14(19)11-12)23-15-4-2-3-13(15)17(21-23)18(24)22-9-7-20-8-10-22/h5-6,11,20H,2-4,7-10H2,1H3.